The Morgan fingerprint density at radius 2 is 2.21 bits per heavy atom. The molecule has 3 heterocycles. The first kappa shape index (κ1) is 15.2. The normalized spacial score (nSPS) is 21.7. The number of hydrogen-bond acceptors (Lipinski definition) is 4. The highest BCUT2D eigenvalue weighted by Crippen LogP contribution is 2.33. The summed E-state index contributed by atoms with van der Waals surface area (Å²) >= 11 is 0. The number of amides is 1. The monoisotopic (exact) mass is 329 g/mol. The summed E-state index contributed by atoms with van der Waals surface area (Å²) in [4.78, 5) is 24.7. The number of carbonyl (C=O) groups is 1. The van der Waals surface area contributed by atoms with Crippen LogP contribution < -0.4 is 5.32 Å². The van der Waals surface area contributed by atoms with Crippen molar-refractivity contribution in [2.75, 3.05) is 18.4 Å². The maximum absolute atomic E-state index is 11.2. The largest absolute Gasteiger partial charge is 0.465 e. The van der Waals surface area contributed by atoms with Crippen LogP contribution in [-0.2, 0) is 6.42 Å². The maximum atomic E-state index is 11.2. The lowest BCUT2D eigenvalue weighted by Gasteiger charge is -2.31. The van der Waals surface area contributed by atoms with Crippen molar-refractivity contribution in [2.24, 2.45) is 5.92 Å². The molecule has 1 aliphatic heterocycles. The average Bonchev–Trinajstić information content (AvgIpc) is 2.95. The van der Waals surface area contributed by atoms with Gasteiger partial charge in [0.15, 0.2) is 0 Å². The van der Waals surface area contributed by atoms with Crippen molar-refractivity contribution in [2.45, 2.75) is 44.6 Å². The number of fused-ring (bicyclic) bond motifs is 1. The third-order valence-corrected chi connectivity index (χ3v) is 5.32. The minimum absolute atomic E-state index is 0.0967. The van der Waals surface area contributed by atoms with E-state index in [1.165, 1.54) is 29.7 Å². The first-order valence-electron chi connectivity index (χ1n) is 8.76. The second kappa shape index (κ2) is 6.30. The molecule has 2 aromatic rings. The Labute approximate surface area is 140 Å². The third kappa shape index (κ3) is 2.90. The highest BCUT2D eigenvalue weighted by atomic mass is 16.4. The summed E-state index contributed by atoms with van der Waals surface area (Å²) in [6.07, 6.45) is 9.60. The fourth-order valence-electron chi connectivity index (χ4n) is 3.77. The number of piperidine rings is 1. The first-order chi connectivity index (χ1) is 11.7. The standard InChI is InChI=1S/C17H23N5O2/c23-17(24)22-6-2-5-13(9-22)21-16-14-12(7-11-3-1-4-11)8-18-15(14)19-10-20-16/h8,10-11,13H,1-7,9H2,(H,23,24)(H2,18,19,20,21). The summed E-state index contributed by atoms with van der Waals surface area (Å²) in [5.41, 5.74) is 2.12. The summed E-state index contributed by atoms with van der Waals surface area (Å²) in [5.74, 6) is 1.60. The van der Waals surface area contributed by atoms with Crippen LogP contribution in [0.1, 0.15) is 37.7 Å². The molecule has 4 rings (SSSR count). The van der Waals surface area contributed by atoms with Crippen LogP contribution in [-0.4, -0.2) is 50.2 Å². The van der Waals surface area contributed by atoms with Gasteiger partial charge >= 0.3 is 6.09 Å². The number of aromatic amines is 1. The molecule has 1 saturated heterocycles. The topological polar surface area (TPSA) is 94.1 Å². The maximum Gasteiger partial charge on any atom is 0.407 e. The second-order valence-electron chi connectivity index (χ2n) is 6.97. The zero-order valence-corrected chi connectivity index (χ0v) is 13.7. The van der Waals surface area contributed by atoms with Crippen LogP contribution in [0.3, 0.4) is 0 Å². The van der Waals surface area contributed by atoms with E-state index in [0.717, 1.165) is 42.0 Å². The fraction of sp³-hybridized carbons (Fsp3) is 0.588. The van der Waals surface area contributed by atoms with Gasteiger partial charge < -0.3 is 20.3 Å². The van der Waals surface area contributed by atoms with Gasteiger partial charge in [-0.1, -0.05) is 19.3 Å². The van der Waals surface area contributed by atoms with E-state index in [2.05, 4.69) is 20.3 Å². The van der Waals surface area contributed by atoms with Crippen molar-refractivity contribution < 1.29 is 9.90 Å². The molecule has 7 nitrogen and oxygen atoms in total. The Bertz CT molecular complexity index is 740. The van der Waals surface area contributed by atoms with Crippen molar-refractivity contribution in [1.29, 1.82) is 0 Å². The molecular weight excluding hydrogens is 306 g/mol. The zero-order valence-electron chi connectivity index (χ0n) is 13.7. The fourth-order valence-corrected chi connectivity index (χ4v) is 3.77. The third-order valence-electron chi connectivity index (χ3n) is 5.32. The molecular formula is C17H23N5O2. The first-order valence-corrected chi connectivity index (χ1v) is 8.76. The van der Waals surface area contributed by atoms with E-state index in [0.29, 0.717) is 13.1 Å². The van der Waals surface area contributed by atoms with Crippen LogP contribution in [0, 0.1) is 5.92 Å². The van der Waals surface area contributed by atoms with Crippen molar-refractivity contribution in [1.82, 2.24) is 19.9 Å². The van der Waals surface area contributed by atoms with E-state index in [-0.39, 0.29) is 6.04 Å². The predicted molar refractivity (Wildman–Crippen MR) is 91.2 cm³/mol. The van der Waals surface area contributed by atoms with Crippen LogP contribution >= 0.6 is 0 Å². The molecule has 2 aromatic heterocycles. The van der Waals surface area contributed by atoms with Gasteiger partial charge in [0, 0.05) is 25.3 Å². The van der Waals surface area contributed by atoms with Crippen molar-refractivity contribution in [3.05, 3.63) is 18.1 Å². The number of nitrogens with zero attached hydrogens (tertiary/aromatic N) is 3. The van der Waals surface area contributed by atoms with Gasteiger partial charge in [0.2, 0.25) is 0 Å². The molecule has 2 fully saturated rings. The molecule has 1 amide bonds. The molecule has 3 N–H and O–H groups in total. The summed E-state index contributed by atoms with van der Waals surface area (Å²) < 4.78 is 0. The second-order valence-corrected chi connectivity index (χ2v) is 6.97. The van der Waals surface area contributed by atoms with Gasteiger partial charge in [-0.05, 0) is 30.7 Å². The van der Waals surface area contributed by atoms with Crippen molar-refractivity contribution in [3.63, 3.8) is 0 Å². The average molecular weight is 329 g/mol. The van der Waals surface area contributed by atoms with Crippen LogP contribution in [0.25, 0.3) is 11.0 Å². The SMILES string of the molecule is O=C(O)N1CCCC(Nc2ncnc3[nH]cc(CC4CCC4)c23)C1. The Balaban J connectivity index is 1.56. The van der Waals surface area contributed by atoms with Crippen molar-refractivity contribution in [3.8, 4) is 0 Å². The number of H-pyrrole nitrogens is 1. The summed E-state index contributed by atoms with van der Waals surface area (Å²) in [6.45, 7) is 1.12. The summed E-state index contributed by atoms with van der Waals surface area (Å²) in [6, 6.07) is 0.0967. The van der Waals surface area contributed by atoms with Gasteiger partial charge in [0.05, 0.1) is 5.39 Å². The van der Waals surface area contributed by atoms with Crippen molar-refractivity contribution >= 4 is 22.9 Å². The molecule has 24 heavy (non-hydrogen) atoms. The van der Waals surface area contributed by atoms with Crippen LogP contribution in [0.5, 0.6) is 0 Å². The molecule has 7 heteroatoms. The molecule has 1 unspecified atom stereocenters. The molecule has 0 aromatic carbocycles. The Hall–Kier alpha value is -2.31. The summed E-state index contributed by atoms with van der Waals surface area (Å²) in [5, 5.41) is 13.7. The van der Waals surface area contributed by atoms with Crippen LogP contribution in [0.4, 0.5) is 10.6 Å². The number of hydrogen-bond donors (Lipinski definition) is 3. The number of carboxylic acid groups (broad SMARTS) is 1. The van der Waals surface area contributed by atoms with E-state index >= 15 is 0 Å². The van der Waals surface area contributed by atoms with E-state index in [4.69, 9.17) is 0 Å². The highest BCUT2D eigenvalue weighted by molar-refractivity contribution is 5.90. The quantitative estimate of drug-likeness (QED) is 0.802. The number of likely N-dealkylation sites (tertiary alicyclic amines) is 1. The predicted octanol–water partition coefficient (Wildman–Crippen LogP) is 2.85. The Kier molecular flexibility index (Phi) is 4.00. The van der Waals surface area contributed by atoms with Gasteiger partial charge in [0.25, 0.3) is 0 Å². The number of aromatic nitrogens is 3. The van der Waals surface area contributed by atoms with Crippen LogP contribution in [0.2, 0.25) is 0 Å². The van der Waals surface area contributed by atoms with E-state index in [1.807, 2.05) is 6.20 Å². The van der Waals surface area contributed by atoms with E-state index in [9.17, 15) is 9.90 Å². The molecule has 0 spiro atoms. The Morgan fingerprint density at radius 3 is 2.96 bits per heavy atom. The Morgan fingerprint density at radius 1 is 1.33 bits per heavy atom. The van der Waals surface area contributed by atoms with E-state index in [1.54, 1.807) is 6.33 Å². The highest BCUT2D eigenvalue weighted by Gasteiger charge is 2.25. The molecule has 1 aliphatic carbocycles. The van der Waals surface area contributed by atoms with Gasteiger partial charge in [-0.15, -0.1) is 0 Å². The lowest BCUT2D eigenvalue weighted by Crippen LogP contribution is -2.44. The lowest BCUT2D eigenvalue weighted by atomic mass is 9.81. The molecule has 1 atom stereocenters. The van der Waals surface area contributed by atoms with Crippen LogP contribution in [0.15, 0.2) is 12.5 Å². The van der Waals surface area contributed by atoms with Gasteiger partial charge in [0.1, 0.15) is 17.8 Å². The molecule has 0 bridgehead atoms. The molecule has 1 saturated carbocycles. The van der Waals surface area contributed by atoms with Gasteiger partial charge in [-0.25, -0.2) is 14.8 Å². The number of anilines is 1. The zero-order chi connectivity index (χ0) is 16.5. The number of nitrogens with one attached hydrogen (secondary N) is 2. The minimum atomic E-state index is -0.846. The van der Waals surface area contributed by atoms with Gasteiger partial charge in [-0.3, -0.25) is 0 Å². The van der Waals surface area contributed by atoms with Gasteiger partial charge in [-0.2, -0.15) is 0 Å². The number of rotatable bonds is 4. The lowest BCUT2D eigenvalue weighted by molar-refractivity contribution is 0.133. The summed E-state index contributed by atoms with van der Waals surface area (Å²) in [7, 11) is 0. The molecule has 2 aliphatic rings. The smallest absolute Gasteiger partial charge is 0.407 e. The van der Waals surface area contributed by atoms with E-state index < -0.39 is 6.09 Å². The molecule has 128 valence electrons. The molecule has 0 radical (unpaired) electrons. The minimum Gasteiger partial charge on any atom is -0.465 e.